The maximum atomic E-state index is 15.2. The minimum Gasteiger partial charge on any atom is -0.458 e. The van der Waals surface area contributed by atoms with Crippen molar-refractivity contribution in [2.75, 3.05) is 6.54 Å². The second-order valence-corrected chi connectivity index (χ2v) is 9.48. The van der Waals surface area contributed by atoms with Gasteiger partial charge in [-0.05, 0) is 67.8 Å². The molecule has 3 aromatic rings. The number of nitrogens with two attached hydrogens (primary N) is 1. The fraction of sp³-hybridized carbons (Fsp3) is 0.423. The van der Waals surface area contributed by atoms with Crippen LogP contribution in [0.2, 0.25) is 0 Å². The quantitative estimate of drug-likeness (QED) is 0.451. The molecule has 0 saturated carbocycles. The lowest BCUT2D eigenvalue weighted by molar-refractivity contribution is -0.172. The summed E-state index contributed by atoms with van der Waals surface area (Å²) >= 11 is 0. The molecule has 0 radical (unpaired) electrons. The number of carbonyl (C=O) groups is 1. The molecule has 2 aromatic heterocycles. The van der Waals surface area contributed by atoms with Gasteiger partial charge in [0, 0.05) is 22.6 Å². The minimum atomic E-state index is -1.87. The molecule has 0 spiro atoms. The monoisotopic (exact) mass is 463 g/mol. The number of nitrogens with zero attached hydrogens (tertiary/aromatic N) is 2. The van der Waals surface area contributed by atoms with Crippen LogP contribution >= 0.6 is 0 Å². The zero-order chi connectivity index (χ0) is 23.8. The van der Waals surface area contributed by atoms with E-state index in [0.717, 1.165) is 53.3 Å². The van der Waals surface area contributed by atoms with E-state index < -0.39 is 11.6 Å². The van der Waals surface area contributed by atoms with E-state index in [-0.39, 0.29) is 30.0 Å². The summed E-state index contributed by atoms with van der Waals surface area (Å²) < 4.78 is 21.9. The molecule has 1 unspecified atom stereocenters. The van der Waals surface area contributed by atoms with E-state index in [9.17, 15) is 14.7 Å². The van der Waals surface area contributed by atoms with Gasteiger partial charge in [0.15, 0.2) is 5.60 Å². The summed E-state index contributed by atoms with van der Waals surface area (Å²) in [6, 6.07) is 3.20. The molecule has 0 saturated heterocycles. The highest BCUT2D eigenvalue weighted by atomic mass is 19.1. The number of carbonyl (C=O) groups excluding carboxylic acids is 1. The zero-order valence-corrected chi connectivity index (χ0v) is 19.0. The smallest absolute Gasteiger partial charge is 0.343 e. The second kappa shape index (κ2) is 7.45. The van der Waals surface area contributed by atoms with Crippen LogP contribution in [-0.4, -0.2) is 27.2 Å². The molecular formula is C26H26FN3O4. The average Bonchev–Trinajstić information content (AvgIpc) is 3.21. The molecule has 3 aliphatic rings. The number of aryl methyl sites for hydroxylation is 2. The van der Waals surface area contributed by atoms with Crippen LogP contribution in [0.3, 0.4) is 0 Å². The van der Waals surface area contributed by atoms with Crippen LogP contribution in [0.4, 0.5) is 4.39 Å². The zero-order valence-electron chi connectivity index (χ0n) is 19.0. The Morgan fingerprint density at radius 2 is 2.00 bits per heavy atom. The first-order chi connectivity index (χ1) is 16.4. The highest BCUT2D eigenvalue weighted by Gasteiger charge is 2.45. The van der Waals surface area contributed by atoms with Gasteiger partial charge in [-0.3, -0.25) is 4.79 Å². The third-order valence-corrected chi connectivity index (χ3v) is 7.74. The number of esters is 1. The number of benzene rings is 1. The van der Waals surface area contributed by atoms with Crippen LogP contribution in [0, 0.1) is 5.82 Å². The highest BCUT2D eigenvalue weighted by molar-refractivity contribution is 5.92. The number of fused-ring (bicyclic) bond motifs is 5. The molecule has 176 valence electrons. The van der Waals surface area contributed by atoms with Crippen molar-refractivity contribution in [1.82, 2.24) is 9.55 Å². The number of hydrogen-bond acceptors (Lipinski definition) is 6. The maximum absolute atomic E-state index is 15.2. The lowest BCUT2D eigenvalue weighted by Crippen LogP contribution is -2.44. The SMILES string of the molecule is CCC1(O)C(=O)OCc2c1cc1n(c2=O)Cc2c-1nc1cc(F)c(CCCN)c3c1c2CCC3. The summed E-state index contributed by atoms with van der Waals surface area (Å²) in [5.41, 5.74) is 9.72. The molecule has 3 N–H and O–H groups in total. The molecule has 0 fully saturated rings. The van der Waals surface area contributed by atoms with E-state index in [1.807, 2.05) is 0 Å². The Hall–Kier alpha value is -3.10. The van der Waals surface area contributed by atoms with Crippen molar-refractivity contribution in [3.63, 3.8) is 0 Å². The van der Waals surface area contributed by atoms with Crippen molar-refractivity contribution in [1.29, 1.82) is 0 Å². The predicted molar refractivity (Wildman–Crippen MR) is 124 cm³/mol. The topological polar surface area (TPSA) is 107 Å². The van der Waals surface area contributed by atoms with Crippen molar-refractivity contribution in [2.45, 2.75) is 64.2 Å². The Morgan fingerprint density at radius 1 is 1.21 bits per heavy atom. The molecule has 4 heterocycles. The minimum absolute atomic E-state index is 0.0884. The lowest BCUT2D eigenvalue weighted by atomic mass is 9.83. The molecule has 2 aliphatic heterocycles. The third kappa shape index (κ3) is 2.72. The Labute approximate surface area is 195 Å². The third-order valence-electron chi connectivity index (χ3n) is 7.74. The molecule has 0 bridgehead atoms. The summed E-state index contributed by atoms with van der Waals surface area (Å²) in [7, 11) is 0. The van der Waals surface area contributed by atoms with Crippen LogP contribution in [0.15, 0.2) is 16.9 Å². The summed E-state index contributed by atoms with van der Waals surface area (Å²) in [4.78, 5) is 30.7. The van der Waals surface area contributed by atoms with Crippen LogP contribution in [-0.2, 0) is 47.5 Å². The van der Waals surface area contributed by atoms with Crippen LogP contribution < -0.4 is 11.3 Å². The van der Waals surface area contributed by atoms with E-state index in [1.54, 1.807) is 17.6 Å². The standard InChI is InChI=1S/C26H26FN3O4/c1-2-26(33)18-9-21-23-16(11-30(21)24(31)17(18)12-34-25(26)32)15-6-3-5-14-13(7-4-8-28)19(27)10-20(29-23)22(14)15/h9-10,33H,2-8,11-12,28H2,1H3. The van der Waals surface area contributed by atoms with Gasteiger partial charge in [0.25, 0.3) is 5.56 Å². The first-order valence-corrected chi connectivity index (χ1v) is 11.9. The first kappa shape index (κ1) is 21.4. The fourth-order valence-electron chi connectivity index (χ4n) is 5.97. The number of ether oxygens (including phenoxy) is 1. The summed E-state index contributed by atoms with van der Waals surface area (Å²) in [5.74, 6) is -1.01. The van der Waals surface area contributed by atoms with E-state index >= 15 is 4.39 Å². The van der Waals surface area contributed by atoms with Crippen molar-refractivity contribution in [3.8, 4) is 11.4 Å². The largest absolute Gasteiger partial charge is 0.458 e. The Kier molecular flexibility index (Phi) is 4.70. The number of rotatable bonds is 4. The summed E-state index contributed by atoms with van der Waals surface area (Å²) in [6.07, 6.45) is 3.93. The highest BCUT2D eigenvalue weighted by Crippen LogP contribution is 2.43. The van der Waals surface area contributed by atoms with Gasteiger partial charge in [-0.1, -0.05) is 6.92 Å². The van der Waals surface area contributed by atoms with Gasteiger partial charge in [0.2, 0.25) is 0 Å². The molecule has 1 aliphatic carbocycles. The fourth-order valence-corrected chi connectivity index (χ4v) is 5.97. The number of hydrogen-bond donors (Lipinski definition) is 2. The van der Waals surface area contributed by atoms with Crippen molar-refractivity contribution in [2.24, 2.45) is 5.73 Å². The van der Waals surface area contributed by atoms with Crippen LogP contribution in [0.5, 0.6) is 0 Å². The Balaban J connectivity index is 1.62. The van der Waals surface area contributed by atoms with Crippen LogP contribution in [0.25, 0.3) is 22.3 Å². The van der Waals surface area contributed by atoms with E-state index in [4.69, 9.17) is 15.5 Å². The predicted octanol–water partition coefficient (Wildman–Crippen LogP) is 2.60. The van der Waals surface area contributed by atoms with Gasteiger partial charge in [0.05, 0.1) is 29.0 Å². The molecule has 1 atom stereocenters. The van der Waals surface area contributed by atoms with Gasteiger partial charge in [-0.25, -0.2) is 14.2 Å². The molecule has 7 nitrogen and oxygen atoms in total. The lowest BCUT2D eigenvalue weighted by Gasteiger charge is -2.31. The van der Waals surface area contributed by atoms with Crippen LogP contribution in [0.1, 0.15) is 59.6 Å². The summed E-state index contributed by atoms with van der Waals surface area (Å²) in [6.45, 7) is 2.39. The van der Waals surface area contributed by atoms with Gasteiger partial charge in [-0.2, -0.15) is 0 Å². The van der Waals surface area contributed by atoms with Gasteiger partial charge < -0.3 is 20.1 Å². The maximum Gasteiger partial charge on any atom is 0.343 e. The number of pyridine rings is 2. The molecule has 34 heavy (non-hydrogen) atoms. The second-order valence-electron chi connectivity index (χ2n) is 9.48. The Morgan fingerprint density at radius 3 is 2.76 bits per heavy atom. The van der Waals surface area contributed by atoms with Gasteiger partial charge in [0.1, 0.15) is 12.4 Å². The van der Waals surface area contributed by atoms with Crippen molar-refractivity contribution >= 4 is 16.9 Å². The molecule has 6 rings (SSSR count). The Bertz CT molecular complexity index is 1460. The average molecular weight is 464 g/mol. The normalized spacial score (nSPS) is 20.2. The number of halogens is 1. The molecular weight excluding hydrogens is 437 g/mol. The molecule has 1 aromatic carbocycles. The number of aromatic nitrogens is 2. The van der Waals surface area contributed by atoms with Crippen molar-refractivity contribution in [3.05, 3.63) is 61.7 Å². The first-order valence-electron chi connectivity index (χ1n) is 11.9. The van der Waals surface area contributed by atoms with E-state index in [2.05, 4.69) is 0 Å². The van der Waals surface area contributed by atoms with Crippen molar-refractivity contribution < 1.29 is 19.0 Å². The van der Waals surface area contributed by atoms with E-state index in [1.165, 1.54) is 6.07 Å². The molecule has 0 amide bonds. The van der Waals surface area contributed by atoms with E-state index in [0.29, 0.717) is 42.0 Å². The summed E-state index contributed by atoms with van der Waals surface area (Å²) in [5, 5.41) is 12.1. The molecule has 8 heteroatoms. The number of aliphatic hydroxyl groups is 1. The number of cyclic esters (lactones) is 1. The van der Waals surface area contributed by atoms with Gasteiger partial charge >= 0.3 is 5.97 Å². The van der Waals surface area contributed by atoms with Gasteiger partial charge in [-0.15, -0.1) is 0 Å².